The molecule has 3 aromatic carbocycles. The number of halogens is 4. The number of hydrogen-bond acceptors (Lipinski definition) is 6. The van der Waals surface area contributed by atoms with Gasteiger partial charge in [-0.25, -0.2) is 14.8 Å². The molecular weight excluding hydrogens is 542 g/mol. The van der Waals surface area contributed by atoms with Gasteiger partial charge in [0.25, 0.3) is 5.91 Å². The Morgan fingerprint density at radius 3 is 2.51 bits per heavy atom. The van der Waals surface area contributed by atoms with Crippen LogP contribution in [0.2, 0.25) is 0 Å². The molecule has 4 rings (SSSR count). The molecule has 7 nitrogen and oxygen atoms in total. The van der Waals surface area contributed by atoms with E-state index in [1.165, 1.54) is 6.08 Å². The first kappa shape index (κ1) is 29.8. The maximum absolute atomic E-state index is 13.8. The number of amides is 1. The van der Waals surface area contributed by atoms with E-state index in [2.05, 4.69) is 17.4 Å². The van der Waals surface area contributed by atoms with Crippen molar-refractivity contribution in [2.75, 3.05) is 13.2 Å². The third-order valence-electron chi connectivity index (χ3n) is 6.37. The number of aliphatic imine (C=N–C) groups is 1. The Morgan fingerprint density at radius 2 is 1.85 bits per heavy atom. The molecule has 41 heavy (non-hydrogen) atoms. The first-order valence-corrected chi connectivity index (χ1v) is 12.8. The quantitative estimate of drug-likeness (QED) is 0.119. The highest BCUT2D eigenvalue weighted by Crippen LogP contribution is 2.42. The predicted octanol–water partition coefficient (Wildman–Crippen LogP) is 5.26. The van der Waals surface area contributed by atoms with Gasteiger partial charge in [0.15, 0.2) is 11.6 Å². The zero-order chi connectivity index (χ0) is 29.5. The van der Waals surface area contributed by atoms with Crippen LogP contribution in [-0.4, -0.2) is 35.7 Å². The fourth-order valence-corrected chi connectivity index (χ4v) is 4.41. The number of aliphatic hydroxyl groups is 1. The van der Waals surface area contributed by atoms with Crippen molar-refractivity contribution in [1.29, 1.82) is 0 Å². The summed E-state index contributed by atoms with van der Waals surface area (Å²) < 4.78 is 65.0. The fourth-order valence-electron chi connectivity index (χ4n) is 4.41. The Balaban J connectivity index is 1.59. The lowest BCUT2D eigenvalue weighted by molar-refractivity contribution is -0.138. The number of nitrogens with zero attached hydrogens (tertiary/aromatic N) is 1. The maximum atomic E-state index is 13.8. The average Bonchev–Trinajstić information content (AvgIpc) is 3.34. The van der Waals surface area contributed by atoms with Crippen LogP contribution in [0.3, 0.4) is 0 Å². The Morgan fingerprint density at radius 1 is 1.12 bits per heavy atom. The monoisotopic (exact) mass is 571 g/mol. The molecule has 0 spiro atoms. The number of aliphatic hydroxyl groups excluding tert-OH is 1. The molecule has 0 radical (unpaired) electrons. The summed E-state index contributed by atoms with van der Waals surface area (Å²) in [6.45, 7) is 3.88. The average molecular weight is 572 g/mol. The van der Waals surface area contributed by atoms with E-state index in [0.717, 1.165) is 12.1 Å². The van der Waals surface area contributed by atoms with Gasteiger partial charge in [0.1, 0.15) is 11.6 Å². The lowest BCUT2D eigenvalue weighted by Gasteiger charge is -2.29. The van der Waals surface area contributed by atoms with Gasteiger partial charge in [-0.15, -0.1) is 6.58 Å². The highest BCUT2D eigenvalue weighted by atomic mass is 19.4. The van der Waals surface area contributed by atoms with E-state index in [1.54, 1.807) is 48.5 Å². The minimum absolute atomic E-state index is 0.0110. The number of hydrogen-bond donors (Lipinski definition) is 3. The van der Waals surface area contributed by atoms with Crippen LogP contribution in [0, 0.1) is 5.82 Å². The van der Waals surface area contributed by atoms with E-state index < -0.39 is 35.1 Å². The fraction of sp³-hybridized carbons (Fsp3) is 0.267. The van der Waals surface area contributed by atoms with Gasteiger partial charge in [-0.2, -0.15) is 13.2 Å². The van der Waals surface area contributed by atoms with Crippen molar-refractivity contribution in [3.05, 3.63) is 114 Å². The lowest BCUT2D eigenvalue weighted by Crippen LogP contribution is -2.52. The predicted molar refractivity (Wildman–Crippen MR) is 144 cm³/mol. The van der Waals surface area contributed by atoms with Crippen LogP contribution in [0.5, 0.6) is 5.75 Å². The molecule has 0 unspecified atom stereocenters. The summed E-state index contributed by atoms with van der Waals surface area (Å²) in [4.78, 5) is 18.4. The molecule has 0 fully saturated rings. The molecule has 0 saturated carbocycles. The molecule has 1 aliphatic rings. The molecule has 3 N–H and O–H groups in total. The van der Waals surface area contributed by atoms with Crippen LogP contribution in [-0.2, 0) is 22.3 Å². The first-order chi connectivity index (χ1) is 19.7. The Kier molecular flexibility index (Phi) is 9.41. The van der Waals surface area contributed by atoms with Crippen molar-refractivity contribution in [1.82, 2.24) is 10.9 Å². The summed E-state index contributed by atoms with van der Waals surface area (Å²) in [5.74, 6) is -0.862. The number of nitrogens with one attached hydrogen (secondary N) is 2. The minimum Gasteiger partial charge on any atom is -0.494 e. The molecule has 0 bridgehead atoms. The van der Waals surface area contributed by atoms with Gasteiger partial charge < -0.3 is 14.6 Å². The van der Waals surface area contributed by atoms with Crippen LogP contribution in [0.4, 0.5) is 17.6 Å². The van der Waals surface area contributed by atoms with Gasteiger partial charge in [-0.05, 0) is 53.6 Å². The standard InChI is InChI=1S/C30H29F4N3O4/c1-2-13-29(28(39)37-35-19-20-16-23(30(32,33)34)18-24(31)17-20)26(21-7-4-3-5-8-21)41-27(36-29)22-9-11-25(12-10-22)40-15-6-14-38/h2-5,7-12,16-18,26,35,38H,1,6,13-15,19H2,(H,37,39)/t26-,29-/m0/s1. The number of alkyl halides is 3. The largest absolute Gasteiger partial charge is 0.494 e. The number of rotatable bonds is 12. The van der Waals surface area contributed by atoms with Crippen molar-refractivity contribution in [3.8, 4) is 5.75 Å². The molecule has 1 amide bonds. The van der Waals surface area contributed by atoms with Crippen LogP contribution in [0.25, 0.3) is 0 Å². The minimum atomic E-state index is -4.72. The van der Waals surface area contributed by atoms with Crippen LogP contribution in [0.15, 0.2) is 90.4 Å². The van der Waals surface area contributed by atoms with E-state index in [0.29, 0.717) is 36.0 Å². The SMILES string of the molecule is C=CC[C@]1(C(=O)NNCc2cc(F)cc(C(F)(F)F)c2)N=C(c2ccc(OCCCO)cc2)O[C@H]1c1ccccc1. The Hall–Kier alpha value is -4.22. The van der Waals surface area contributed by atoms with E-state index in [1.807, 2.05) is 6.07 Å². The summed E-state index contributed by atoms with van der Waals surface area (Å²) in [7, 11) is 0. The molecule has 2 atom stereocenters. The highest BCUT2D eigenvalue weighted by Gasteiger charge is 2.52. The second-order valence-corrected chi connectivity index (χ2v) is 9.35. The molecule has 0 saturated heterocycles. The van der Waals surface area contributed by atoms with E-state index in [9.17, 15) is 22.4 Å². The summed E-state index contributed by atoms with van der Waals surface area (Å²) in [6, 6.07) is 18.1. The smallest absolute Gasteiger partial charge is 0.416 e. The van der Waals surface area contributed by atoms with Gasteiger partial charge in [0.05, 0.1) is 12.2 Å². The van der Waals surface area contributed by atoms with Crippen molar-refractivity contribution in [2.45, 2.75) is 37.2 Å². The first-order valence-electron chi connectivity index (χ1n) is 12.8. The Labute approximate surface area is 234 Å². The summed E-state index contributed by atoms with van der Waals surface area (Å²) in [5.41, 5.74) is 3.73. The topological polar surface area (TPSA) is 92.2 Å². The molecule has 0 aliphatic carbocycles. The third kappa shape index (κ3) is 7.11. The number of carbonyl (C=O) groups is 1. The van der Waals surface area contributed by atoms with Crippen LogP contribution in [0.1, 0.15) is 41.2 Å². The van der Waals surface area contributed by atoms with E-state index >= 15 is 0 Å². The summed E-state index contributed by atoms with van der Waals surface area (Å²) in [5, 5.41) is 8.94. The van der Waals surface area contributed by atoms with Crippen molar-refractivity contribution in [2.24, 2.45) is 4.99 Å². The van der Waals surface area contributed by atoms with Crippen molar-refractivity contribution >= 4 is 11.8 Å². The van der Waals surface area contributed by atoms with Gasteiger partial charge >= 0.3 is 6.18 Å². The zero-order valence-corrected chi connectivity index (χ0v) is 22.0. The highest BCUT2D eigenvalue weighted by molar-refractivity contribution is 6.01. The van der Waals surface area contributed by atoms with Crippen molar-refractivity contribution < 1.29 is 36.9 Å². The normalized spacial score (nSPS) is 18.4. The van der Waals surface area contributed by atoms with Crippen LogP contribution < -0.4 is 15.6 Å². The molecular formula is C30H29F4N3O4. The number of ether oxygens (including phenoxy) is 2. The van der Waals surface area contributed by atoms with Gasteiger partial charge in [-0.3, -0.25) is 10.2 Å². The second kappa shape index (κ2) is 13.0. The van der Waals surface area contributed by atoms with Crippen molar-refractivity contribution in [3.63, 3.8) is 0 Å². The molecule has 3 aromatic rings. The number of benzene rings is 3. The summed E-state index contributed by atoms with van der Waals surface area (Å²) in [6.07, 6.45) is -3.47. The molecule has 216 valence electrons. The maximum Gasteiger partial charge on any atom is 0.416 e. The molecule has 11 heteroatoms. The molecule has 1 aliphatic heterocycles. The third-order valence-corrected chi connectivity index (χ3v) is 6.37. The van der Waals surface area contributed by atoms with Gasteiger partial charge in [0, 0.05) is 31.6 Å². The number of carbonyl (C=O) groups excluding carboxylic acids is 1. The van der Waals surface area contributed by atoms with E-state index in [4.69, 9.17) is 19.6 Å². The van der Waals surface area contributed by atoms with E-state index in [-0.39, 0.29) is 31.0 Å². The molecule has 1 heterocycles. The van der Waals surface area contributed by atoms with Crippen LogP contribution >= 0.6 is 0 Å². The lowest BCUT2D eigenvalue weighted by atomic mass is 9.84. The number of hydrazine groups is 1. The zero-order valence-electron chi connectivity index (χ0n) is 22.0. The second-order valence-electron chi connectivity index (χ2n) is 9.35. The van der Waals surface area contributed by atoms with Gasteiger partial charge in [0.2, 0.25) is 5.90 Å². The Bertz CT molecular complexity index is 1380. The van der Waals surface area contributed by atoms with Gasteiger partial charge in [-0.1, -0.05) is 36.4 Å². The molecule has 0 aromatic heterocycles. The summed E-state index contributed by atoms with van der Waals surface area (Å²) >= 11 is 0.